The number of aliphatic imine (C=N–C) groups is 1. The zero-order chi connectivity index (χ0) is 12.5. The maximum absolute atomic E-state index is 5.78. The summed E-state index contributed by atoms with van der Waals surface area (Å²) in [7, 11) is 1.68. The minimum atomic E-state index is 0.531. The van der Waals surface area contributed by atoms with E-state index in [0.717, 1.165) is 13.1 Å². The van der Waals surface area contributed by atoms with Crippen molar-refractivity contribution in [2.24, 2.45) is 10.7 Å². The first-order valence-corrected chi connectivity index (χ1v) is 6.54. The van der Waals surface area contributed by atoms with Crippen LogP contribution in [0.4, 0.5) is 0 Å². The summed E-state index contributed by atoms with van der Waals surface area (Å²) < 4.78 is 4.94. The van der Waals surface area contributed by atoms with Crippen molar-refractivity contribution < 1.29 is 4.74 Å². The molecule has 1 saturated heterocycles. The average Bonchev–Trinajstić information content (AvgIpc) is 2.37. The van der Waals surface area contributed by atoms with E-state index < -0.39 is 0 Å². The van der Waals surface area contributed by atoms with Crippen LogP contribution < -0.4 is 11.1 Å². The third-order valence-corrected chi connectivity index (χ3v) is 3.24. The molecule has 1 aliphatic heterocycles. The van der Waals surface area contributed by atoms with Gasteiger partial charge in [0.2, 0.25) is 0 Å². The standard InChI is InChI=1S/C12H26N4O/c1-3-16-8-5-4-6-11(16)10-15-12(13)14-7-9-17-2/h11H,3-10H2,1-2H3,(H3,13,14,15). The molecule has 0 aromatic heterocycles. The summed E-state index contributed by atoms with van der Waals surface area (Å²) in [5, 5.41) is 3.04. The highest BCUT2D eigenvalue weighted by molar-refractivity contribution is 5.77. The Kier molecular flexibility index (Phi) is 6.96. The predicted octanol–water partition coefficient (Wildman–Crippen LogP) is 0.412. The second-order valence-corrected chi connectivity index (χ2v) is 4.42. The molecule has 0 spiro atoms. The monoisotopic (exact) mass is 242 g/mol. The predicted molar refractivity (Wildman–Crippen MR) is 71.3 cm³/mol. The van der Waals surface area contributed by atoms with Crippen LogP contribution in [-0.2, 0) is 4.74 Å². The quantitative estimate of drug-likeness (QED) is 0.402. The van der Waals surface area contributed by atoms with Crippen LogP contribution in [0.2, 0.25) is 0 Å². The molecule has 0 radical (unpaired) electrons. The number of likely N-dealkylation sites (N-methyl/N-ethyl adjacent to an activating group) is 1. The van der Waals surface area contributed by atoms with Crippen molar-refractivity contribution in [3.63, 3.8) is 0 Å². The van der Waals surface area contributed by atoms with Gasteiger partial charge in [-0.05, 0) is 25.9 Å². The number of rotatable bonds is 6. The van der Waals surface area contributed by atoms with Crippen LogP contribution >= 0.6 is 0 Å². The lowest BCUT2D eigenvalue weighted by atomic mass is 10.0. The number of likely N-dealkylation sites (tertiary alicyclic amines) is 1. The van der Waals surface area contributed by atoms with E-state index in [4.69, 9.17) is 10.5 Å². The summed E-state index contributed by atoms with van der Waals surface area (Å²) in [6.07, 6.45) is 3.87. The molecule has 0 aliphatic carbocycles. The lowest BCUT2D eigenvalue weighted by Crippen LogP contribution is -2.42. The highest BCUT2D eigenvalue weighted by Crippen LogP contribution is 2.16. The van der Waals surface area contributed by atoms with E-state index in [9.17, 15) is 0 Å². The Morgan fingerprint density at radius 3 is 3.06 bits per heavy atom. The number of ether oxygens (including phenoxy) is 1. The van der Waals surface area contributed by atoms with E-state index in [1.165, 1.54) is 25.8 Å². The molecule has 1 unspecified atom stereocenters. The minimum absolute atomic E-state index is 0.531. The van der Waals surface area contributed by atoms with Crippen molar-refractivity contribution in [1.29, 1.82) is 0 Å². The number of guanidine groups is 1. The van der Waals surface area contributed by atoms with Gasteiger partial charge in [-0.2, -0.15) is 0 Å². The van der Waals surface area contributed by atoms with Crippen molar-refractivity contribution in [3.8, 4) is 0 Å². The molecule has 0 aromatic rings. The van der Waals surface area contributed by atoms with Crippen LogP contribution in [0.1, 0.15) is 26.2 Å². The van der Waals surface area contributed by atoms with E-state index in [2.05, 4.69) is 22.1 Å². The Morgan fingerprint density at radius 1 is 1.53 bits per heavy atom. The van der Waals surface area contributed by atoms with Gasteiger partial charge >= 0.3 is 0 Å². The summed E-state index contributed by atoms with van der Waals surface area (Å²) >= 11 is 0. The van der Waals surface area contributed by atoms with Crippen molar-refractivity contribution in [2.75, 3.05) is 39.9 Å². The number of nitrogens with two attached hydrogens (primary N) is 1. The fourth-order valence-electron chi connectivity index (χ4n) is 2.22. The van der Waals surface area contributed by atoms with E-state index in [1.807, 2.05) is 0 Å². The molecule has 1 heterocycles. The Hall–Kier alpha value is -0.810. The average molecular weight is 242 g/mol. The largest absolute Gasteiger partial charge is 0.383 e. The summed E-state index contributed by atoms with van der Waals surface area (Å²) in [6.45, 7) is 6.70. The van der Waals surface area contributed by atoms with Crippen molar-refractivity contribution in [3.05, 3.63) is 0 Å². The molecule has 0 bridgehead atoms. The highest BCUT2D eigenvalue weighted by Gasteiger charge is 2.20. The van der Waals surface area contributed by atoms with Gasteiger partial charge < -0.3 is 15.8 Å². The second-order valence-electron chi connectivity index (χ2n) is 4.42. The Morgan fingerprint density at radius 2 is 2.35 bits per heavy atom. The molecule has 5 nitrogen and oxygen atoms in total. The van der Waals surface area contributed by atoms with Gasteiger partial charge in [0.05, 0.1) is 13.2 Å². The molecule has 0 saturated carbocycles. The van der Waals surface area contributed by atoms with E-state index in [0.29, 0.717) is 25.2 Å². The van der Waals surface area contributed by atoms with Crippen LogP contribution in [0.5, 0.6) is 0 Å². The van der Waals surface area contributed by atoms with Gasteiger partial charge in [0, 0.05) is 19.7 Å². The van der Waals surface area contributed by atoms with Gasteiger partial charge in [-0.3, -0.25) is 9.89 Å². The van der Waals surface area contributed by atoms with Gasteiger partial charge in [0.1, 0.15) is 0 Å². The molecule has 5 heteroatoms. The van der Waals surface area contributed by atoms with Crippen LogP contribution in [0.15, 0.2) is 4.99 Å². The number of nitrogens with one attached hydrogen (secondary N) is 1. The van der Waals surface area contributed by atoms with Crippen LogP contribution in [-0.4, -0.2) is 56.8 Å². The van der Waals surface area contributed by atoms with Crippen LogP contribution in [0.3, 0.4) is 0 Å². The number of piperidine rings is 1. The lowest BCUT2D eigenvalue weighted by Gasteiger charge is -2.33. The first-order valence-electron chi connectivity index (χ1n) is 6.54. The molecule has 17 heavy (non-hydrogen) atoms. The molecular weight excluding hydrogens is 216 g/mol. The molecule has 0 amide bonds. The number of hydrogen-bond acceptors (Lipinski definition) is 3. The van der Waals surface area contributed by atoms with Gasteiger partial charge in [-0.25, -0.2) is 0 Å². The third kappa shape index (κ3) is 5.37. The van der Waals surface area contributed by atoms with Gasteiger partial charge in [0.15, 0.2) is 5.96 Å². The number of nitrogens with zero attached hydrogens (tertiary/aromatic N) is 2. The van der Waals surface area contributed by atoms with Gasteiger partial charge in [-0.1, -0.05) is 13.3 Å². The van der Waals surface area contributed by atoms with E-state index >= 15 is 0 Å². The maximum Gasteiger partial charge on any atom is 0.188 e. The Balaban J connectivity index is 2.28. The molecular formula is C12H26N4O. The normalized spacial score (nSPS) is 22.7. The Labute approximate surface area is 104 Å². The maximum atomic E-state index is 5.78. The molecule has 1 atom stereocenters. The SMILES string of the molecule is CCN1CCCCC1CN=C(N)NCCOC. The van der Waals surface area contributed by atoms with E-state index in [-0.39, 0.29) is 0 Å². The molecule has 1 fully saturated rings. The summed E-state index contributed by atoms with van der Waals surface area (Å²) in [6, 6.07) is 0.566. The smallest absolute Gasteiger partial charge is 0.188 e. The van der Waals surface area contributed by atoms with Crippen LogP contribution in [0.25, 0.3) is 0 Å². The molecule has 0 aromatic carbocycles. The fourth-order valence-corrected chi connectivity index (χ4v) is 2.22. The molecule has 1 aliphatic rings. The highest BCUT2D eigenvalue weighted by atomic mass is 16.5. The summed E-state index contributed by atoms with van der Waals surface area (Å²) in [5.74, 6) is 0.531. The lowest BCUT2D eigenvalue weighted by molar-refractivity contribution is 0.161. The molecule has 1 rings (SSSR count). The molecule has 100 valence electrons. The number of hydrogen-bond donors (Lipinski definition) is 2. The van der Waals surface area contributed by atoms with Gasteiger partial charge in [0.25, 0.3) is 0 Å². The second kappa shape index (κ2) is 8.31. The zero-order valence-electron chi connectivity index (χ0n) is 11.1. The van der Waals surface area contributed by atoms with E-state index in [1.54, 1.807) is 7.11 Å². The van der Waals surface area contributed by atoms with Crippen molar-refractivity contribution in [2.45, 2.75) is 32.2 Å². The topological polar surface area (TPSA) is 62.9 Å². The Bertz CT molecular complexity index is 233. The van der Waals surface area contributed by atoms with Crippen molar-refractivity contribution >= 4 is 5.96 Å². The molecule has 3 N–H and O–H groups in total. The van der Waals surface area contributed by atoms with Crippen molar-refractivity contribution in [1.82, 2.24) is 10.2 Å². The first kappa shape index (κ1) is 14.3. The van der Waals surface area contributed by atoms with Crippen LogP contribution in [0, 0.1) is 0 Å². The minimum Gasteiger partial charge on any atom is -0.383 e. The number of methoxy groups -OCH3 is 1. The zero-order valence-corrected chi connectivity index (χ0v) is 11.1. The summed E-state index contributed by atoms with van der Waals surface area (Å²) in [4.78, 5) is 6.90. The summed E-state index contributed by atoms with van der Waals surface area (Å²) in [5.41, 5.74) is 5.78. The fraction of sp³-hybridized carbons (Fsp3) is 0.917. The third-order valence-electron chi connectivity index (χ3n) is 3.24. The first-order chi connectivity index (χ1) is 8.27. The van der Waals surface area contributed by atoms with Gasteiger partial charge in [-0.15, -0.1) is 0 Å².